The van der Waals surface area contributed by atoms with Crippen LogP contribution in [0.15, 0.2) is 40.8 Å². The third-order valence-electron chi connectivity index (χ3n) is 2.41. The minimum Gasteiger partial charge on any atom is -0.380 e. The van der Waals surface area contributed by atoms with Gasteiger partial charge in [-0.15, -0.1) is 11.3 Å². The van der Waals surface area contributed by atoms with Crippen LogP contribution in [0.5, 0.6) is 0 Å². The SMILES string of the molecule is NC1=C(N)N(O)C(NCc2cccs2)=C(N)N1O. The number of hydrogen-bond donors (Lipinski definition) is 6. The lowest BCUT2D eigenvalue weighted by atomic mass is 10.4. The summed E-state index contributed by atoms with van der Waals surface area (Å²) in [7, 11) is 0. The largest absolute Gasteiger partial charge is 0.380 e. The van der Waals surface area contributed by atoms with Crippen molar-refractivity contribution in [3.05, 3.63) is 45.7 Å². The minimum absolute atomic E-state index is 0.0672. The van der Waals surface area contributed by atoms with Crippen molar-refractivity contribution in [3.8, 4) is 0 Å². The zero-order valence-corrected chi connectivity index (χ0v) is 10.2. The fraction of sp³-hybridized carbons (Fsp3) is 0.111. The second-order valence-electron chi connectivity index (χ2n) is 3.56. The Kier molecular flexibility index (Phi) is 3.19. The van der Waals surface area contributed by atoms with Gasteiger partial charge < -0.3 is 22.5 Å². The minimum atomic E-state index is -0.239. The molecule has 0 unspecified atom stereocenters. The molecule has 1 aromatic rings. The van der Waals surface area contributed by atoms with Crippen molar-refractivity contribution in [1.82, 2.24) is 15.4 Å². The van der Waals surface area contributed by atoms with E-state index in [4.69, 9.17) is 17.2 Å². The first kappa shape index (κ1) is 12.4. The second-order valence-corrected chi connectivity index (χ2v) is 4.59. The summed E-state index contributed by atoms with van der Waals surface area (Å²) in [5.41, 5.74) is 16.6. The van der Waals surface area contributed by atoms with E-state index in [0.717, 1.165) is 4.88 Å². The average Bonchev–Trinajstić information content (AvgIpc) is 2.87. The monoisotopic (exact) mass is 270 g/mol. The lowest BCUT2D eigenvalue weighted by Crippen LogP contribution is -2.46. The molecule has 0 amide bonds. The molecule has 1 aromatic heterocycles. The van der Waals surface area contributed by atoms with Gasteiger partial charge in [0.2, 0.25) is 0 Å². The summed E-state index contributed by atoms with van der Waals surface area (Å²) in [5, 5.41) is 25.3. The van der Waals surface area contributed by atoms with E-state index in [2.05, 4.69) is 5.32 Å². The van der Waals surface area contributed by atoms with Crippen LogP contribution < -0.4 is 22.5 Å². The molecule has 2 rings (SSSR count). The summed E-state index contributed by atoms with van der Waals surface area (Å²) in [5.74, 6) is -0.518. The fourth-order valence-corrected chi connectivity index (χ4v) is 2.07. The summed E-state index contributed by atoms with van der Waals surface area (Å²) in [6, 6.07) is 3.82. The normalized spacial score (nSPS) is 16.6. The van der Waals surface area contributed by atoms with Crippen molar-refractivity contribution in [2.75, 3.05) is 0 Å². The zero-order valence-electron chi connectivity index (χ0n) is 9.37. The first-order valence-electron chi connectivity index (χ1n) is 5.01. The van der Waals surface area contributed by atoms with Crippen LogP contribution in [-0.2, 0) is 6.54 Å². The van der Waals surface area contributed by atoms with Crippen molar-refractivity contribution in [2.45, 2.75) is 6.54 Å². The smallest absolute Gasteiger partial charge is 0.177 e. The number of hydrogen-bond acceptors (Lipinski definition) is 9. The number of nitrogens with two attached hydrogens (primary N) is 3. The quantitative estimate of drug-likeness (QED) is 0.427. The van der Waals surface area contributed by atoms with Gasteiger partial charge in [0.1, 0.15) is 0 Å². The highest BCUT2D eigenvalue weighted by molar-refractivity contribution is 7.09. The van der Waals surface area contributed by atoms with Crippen LogP contribution >= 0.6 is 11.3 Å². The summed E-state index contributed by atoms with van der Waals surface area (Å²) in [6.45, 7) is 0.436. The molecule has 0 bridgehead atoms. The van der Waals surface area contributed by atoms with E-state index in [1.165, 1.54) is 0 Å². The molecule has 98 valence electrons. The number of nitrogens with one attached hydrogen (secondary N) is 1. The second kappa shape index (κ2) is 4.64. The van der Waals surface area contributed by atoms with Gasteiger partial charge in [-0.3, -0.25) is 10.4 Å². The molecule has 2 heterocycles. The third kappa shape index (κ3) is 2.01. The van der Waals surface area contributed by atoms with Crippen molar-refractivity contribution < 1.29 is 10.4 Å². The van der Waals surface area contributed by atoms with Crippen molar-refractivity contribution in [2.24, 2.45) is 17.2 Å². The Bertz CT molecular complexity index is 497. The molecule has 1 aliphatic rings. The number of hydroxylamine groups is 4. The van der Waals surface area contributed by atoms with E-state index in [9.17, 15) is 10.4 Å². The zero-order chi connectivity index (χ0) is 13.3. The van der Waals surface area contributed by atoms with Gasteiger partial charge in [0, 0.05) is 4.88 Å². The lowest BCUT2D eigenvalue weighted by Gasteiger charge is -2.32. The van der Waals surface area contributed by atoms with Gasteiger partial charge in [0.15, 0.2) is 23.3 Å². The molecule has 9 heteroatoms. The third-order valence-corrected chi connectivity index (χ3v) is 3.29. The van der Waals surface area contributed by atoms with Crippen LogP contribution in [0.1, 0.15) is 4.88 Å². The van der Waals surface area contributed by atoms with Gasteiger partial charge in [-0.1, -0.05) is 6.07 Å². The molecule has 0 atom stereocenters. The molecular formula is C9H14N6O2S. The topological polar surface area (TPSA) is 137 Å². The van der Waals surface area contributed by atoms with E-state index < -0.39 is 0 Å². The highest BCUT2D eigenvalue weighted by atomic mass is 32.1. The van der Waals surface area contributed by atoms with Gasteiger partial charge in [0.05, 0.1) is 6.54 Å². The predicted molar refractivity (Wildman–Crippen MR) is 65.0 cm³/mol. The predicted octanol–water partition coefficient (Wildman–Crippen LogP) is -0.637. The molecule has 9 N–H and O–H groups in total. The molecule has 0 saturated carbocycles. The Labute approximate surface area is 107 Å². The van der Waals surface area contributed by atoms with Gasteiger partial charge in [-0.2, -0.15) is 10.1 Å². The van der Waals surface area contributed by atoms with Gasteiger partial charge in [0.25, 0.3) is 0 Å². The van der Waals surface area contributed by atoms with E-state index >= 15 is 0 Å². The van der Waals surface area contributed by atoms with Crippen LogP contribution in [0.3, 0.4) is 0 Å². The summed E-state index contributed by atoms with van der Waals surface area (Å²) in [6.07, 6.45) is 0. The molecule has 0 saturated heterocycles. The summed E-state index contributed by atoms with van der Waals surface area (Å²) in [4.78, 5) is 1.04. The first-order valence-corrected chi connectivity index (χ1v) is 5.89. The summed E-state index contributed by atoms with van der Waals surface area (Å²) >= 11 is 1.55. The Balaban J connectivity index is 2.16. The van der Waals surface area contributed by atoms with Crippen molar-refractivity contribution in [1.29, 1.82) is 0 Å². The number of rotatable bonds is 3. The van der Waals surface area contributed by atoms with Crippen molar-refractivity contribution in [3.63, 3.8) is 0 Å². The Hall–Kier alpha value is -2.10. The molecule has 18 heavy (non-hydrogen) atoms. The molecule has 0 radical (unpaired) electrons. The maximum absolute atomic E-state index is 9.76. The molecule has 8 nitrogen and oxygen atoms in total. The Morgan fingerprint density at radius 3 is 2.39 bits per heavy atom. The van der Waals surface area contributed by atoms with E-state index in [1.54, 1.807) is 11.3 Å². The highest BCUT2D eigenvalue weighted by Gasteiger charge is 2.27. The van der Waals surface area contributed by atoms with Crippen LogP contribution in [0.25, 0.3) is 0 Å². The number of nitrogens with zero attached hydrogens (tertiary/aromatic N) is 2. The molecule has 0 aliphatic carbocycles. The summed E-state index contributed by atoms with van der Waals surface area (Å²) < 4.78 is 0. The first-order chi connectivity index (χ1) is 8.52. The number of thiophene rings is 1. The van der Waals surface area contributed by atoms with Crippen LogP contribution in [0.2, 0.25) is 0 Å². The van der Waals surface area contributed by atoms with Crippen molar-refractivity contribution >= 4 is 11.3 Å². The average molecular weight is 270 g/mol. The molecule has 1 aliphatic heterocycles. The standard InChI is InChI=1S/C9H14N6O2S/c10-6-7(11)15(17)9(8(12)14(6)16)13-4-5-2-1-3-18-5/h1-3,13,16-17H,4,10-12H2. The van der Waals surface area contributed by atoms with E-state index in [1.807, 2.05) is 17.5 Å². The fourth-order valence-electron chi connectivity index (χ4n) is 1.43. The van der Waals surface area contributed by atoms with Gasteiger partial charge >= 0.3 is 0 Å². The lowest BCUT2D eigenvalue weighted by molar-refractivity contribution is -0.0837. The van der Waals surface area contributed by atoms with Crippen LogP contribution in [0, 0.1) is 0 Å². The Morgan fingerprint density at radius 1 is 1.11 bits per heavy atom. The molecule has 0 spiro atoms. The van der Waals surface area contributed by atoms with E-state index in [-0.39, 0.29) is 23.3 Å². The van der Waals surface area contributed by atoms with Crippen LogP contribution in [0.4, 0.5) is 0 Å². The molecular weight excluding hydrogens is 256 g/mol. The Morgan fingerprint density at radius 2 is 1.78 bits per heavy atom. The maximum Gasteiger partial charge on any atom is 0.177 e. The van der Waals surface area contributed by atoms with Gasteiger partial charge in [-0.05, 0) is 11.4 Å². The van der Waals surface area contributed by atoms with Crippen LogP contribution in [-0.4, -0.2) is 20.5 Å². The molecule has 0 fully saturated rings. The van der Waals surface area contributed by atoms with E-state index in [0.29, 0.717) is 16.7 Å². The maximum atomic E-state index is 9.76. The van der Waals surface area contributed by atoms with Gasteiger partial charge in [-0.25, -0.2) is 0 Å². The molecule has 0 aromatic carbocycles. The highest BCUT2D eigenvalue weighted by Crippen LogP contribution is 2.19.